The molecule has 2 N–H and O–H groups in total. The number of para-hydroxylation sites is 1. The van der Waals surface area contributed by atoms with Gasteiger partial charge in [-0.2, -0.15) is 0 Å². The van der Waals surface area contributed by atoms with Crippen LogP contribution in [0.3, 0.4) is 0 Å². The molecule has 24 heavy (non-hydrogen) atoms. The molecule has 1 saturated heterocycles. The Morgan fingerprint density at radius 1 is 0.917 bits per heavy atom. The first-order valence-corrected chi connectivity index (χ1v) is 8.07. The van der Waals surface area contributed by atoms with E-state index in [1.165, 1.54) is 12.8 Å². The predicted octanol–water partition coefficient (Wildman–Crippen LogP) is 3.79. The van der Waals surface area contributed by atoms with Crippen molar-refractivity contribution in [1.82, 2.24) is 4.90 Å². The van der Waals surface area contributed by atoms with Crippen LogP contribution in [0, 0.1) is 0 Å². The van der Waals surface area contributed by atoms with Gasteiger partial charge < -0.3 is 10.6 Å². The number of guanidine groups is 1. The monoisotopic (exact) mass is 342 g/mol. The Kier molecular flexibility index (Phi) is 6.82. The van der Waals surface area contributed by atoms with Crippen molar-refractivity contribution in [3.05, 3.63) is 66.2 Å². The largest absolute Gasteiger partial charge is 0.387 e. The van der Waals surface area contributed by atoms with Crippen LogP contribution in [0.5, 0.6) is 0 Å². The lowest BCUT2D eigenvalue weighted by atomic mass is 10.1. The van der Waals surface area contributed by atoms with Gasteiger partial charge in [-0.05, 0) is 30.5 Å². The third-order valence-electron chi connectivity index (χ3n) is 3.85. The second-order valence-electron chi connectivity index (χ2n) is 5.71. The van der Waals surface area contributed by atoms with Gasteiger partial charge in [0.2, 0.25) is 5.96 Å². The molecule has 0 spiro atoms. The number of hydrogen-bond donors (Lipinski definition) is 1. The van der Waals surface area contributed by atoms with E-state index in [0.29, 0.717) is 12.3 Å². The van der Waals surface area contributed by atoms with E-state index in [-0.39, 0.29) is 12.4 Å². The normalized spacial score (nSPS) is 15.2. The highest BCUT2D eigenvalue weighted by Crippen LogP contribution is 2.15. The molecule has 2 aromatic carbocycles. The van der Waals surface area contributed by atoms with Gasteiger partial charge >= 0.3 is 0 Å². The summed E-state index contributed by atoms with van der Waals surface area (Å²) in [5, 5.41) is 0. The van der Waals surface area contributed by atoms with E-state index in [9.17, 15) is 0 Å². The van der Waals surface area contributed by atoms with E-state index in [2.05, 4.69) is 22.0 Å². The Morgan fingerprint density at radius 3 is 2.12 bits per heavy atom. The van der Waals surface area contributed by atoms with Crippen LogP contribution >= 0.6 is 12.4 Å². The molecule has 3 rings (SSSR count). The summed E-state index contributed by atoms with van der Waals surface area (Å²) >= 11 is 0. The molecule has 0 unspecified atom stereocenters. The molecule has 1 aliphatic rings. The lowest BCUT2D eigenvalue weighted by Crippen LogP contribution is -2.29. The van der Waals surface area contributed by atoms with Gasteiger partial charge in [-0.15, -0.1) is 12.4 Å². The number of likely N-dealkylation sites (tertiary alicyclic amines) is 1. The minimum absolute atomic E-state index is 0. The number of nitrogens with two attached hydrogens (primary N) is 1. The molecular weight excluding hydrogens is 320 g/mol. The highest BCUT2D eigenvalue weighted by atomic mass is 35.5. The first kappa shape index (κ1) is 18.0. The Bertz CT molecular complexity index is 677. The lowest BCUT2D eigenvalue weighted by molar-refractivity contribution is 0.514. The van der Waals surface area contributed by atoms with E-state index < -0.39 is 0 Å². The third kappa shape index (κ3) is 5.10. The maximum Gasteiger partial charge on any atom is 0.227 e. The van der Waals surface area contributed by atoms with E-state index in [4.69, 9.17) is 10.7 Å². The van der Waals surface area contributed by atoms with Gasteiger partial charge in [-0.25, -0.2) is 9.98 Å². The summed E-state index contributed by atoms with van der Waals surface area (Å²) in [5.41, 5.74) is 8.24. The fourth-order valence-corrected chi connectivity index (χ4v) is 2.67. The SMILES string of the molecule is Cl.NC(Cc1ccccc1)=NC(=Nc1ccccc1)N1CCCC1. The van der Waals surface area contributed by atoms with Gasteiger partial charge in [0.15, 0.2) is 0 Å². The average Bonchev–Trinajstić information content (AvgIpc) is 3.10. The Morgan fingerprint density at radius 2 is 1.50 bits per heavy atom. The topological polar surface area (TPSA) is 54.0 Å². The summed E-state index contributed by atoms with van der Waals surface area (Å²) in [6.07, 6.45) is 3.01. The number of benzene rings is 2. The summed E-state index contributed by atoms with van der Waals surface area (Å²) < 4.78 is 0. The molecule has 1 heterocycles. The summed E-state index contributed by atoms with van der Waals surface area (Å²) in [6.45, 7) is 1.99. The van der Waals surface area contributed by atoms with Gasteiger partial charge in [0.25, 0.3) is 0 Å². The van der Waals surface area contributed by atoms with E-state index in [1.807, 2.05) is 48.5 Å². The van der Waals surface area contributed by atoms with E-state index in [0.717, 1.165) is 30.3 Å². The first-order chi connectivity index (χ1) is 11.3. The zero-order valence-electron chi connectivity index (χ0n) is 13.6. The van der Waals surface area contributed by atoms with Gasteiger partial charge in [0.1, 0.15) is 5.84 Å². The van der Waals surface area contributed by atoms with Crippen molar-refractivity contribution in [3.8, 4) is 0 Å². The van der Waals surface area contributed by atoms with Crippen molar-refractivity contribution >= 4 is 29.9 Å². The summed E-state index contributed by atoms with van der Waals surface area (Å²) in [7, 11) is 0. The molecule has 0 aliphatic carbocycles. The number of nitrogens with zero attached hydrogens (tertiary/aromatic N) is 3. The molecule has 126 valence electrons. The molecule has 4 nitrogen and oxygen atoms in total. The van der Waals surface area contributed by atoms with Crippen LogP contribution < -0.4 is 5.73 Å². The predicted molar refractivity (Wildman–Crippen MR) is 103 cm³/mol. The quantitative estimate of drug-likeness (QED) is 0.681. The maximum atomic E-state index is 6.17. The van der Waals surface area contributed by atoms with Crippen molar-refractivity contribution < 1.29 is 0 Å². The standard InChI is InChI=1S/C19H22N4.ClH/c20-18(15-16-9-3-1-4-10-16)22-19(23-13-7-8-14-23)21-17-11-5-2-6-12-17;/h1-6,9-12H,7-8,13-15H2,(H2,20,21,22);1H. The van der Waals surface area contributed by atoms with Crippen molar-refractivity contribution in [2.75, 3.05) is 13.1 Å². The van der Waals surface area contributed by atoms with Crippen molar-refractivity contribution in [2.45, 2.75) is 19.3 Å². The minimum atomic E-state index is 0. The van der Waals surface area contributed by atoms with Crippen LogP contribution in [0.4, 0.5) is 5.69 Å². The Balaban J connectivity index is 0.00000208. The highest BCUT2D eigenvalue weighted by molar-refractivity contribution is 5.97. The van der Waals surface area contributed by atoms with Crippen LogP contribution in [-0.4, -0.2) is 29.8 Å². The van der Waals surface area contributed by atoms with E-state index >= 15 is 0 Å². The van der Waals surface area contributed by atoms with Crippen LogP contribution in [0.2, 0.25) is 0 Å². The van der Waals surface area contributed by atoms with Crippen LogP contribution in [-0.2, 0) is 6.42 Å². The molecular formula is C19H23ClN4. The molecule has 1 fully saturated rings. The van der Waals surface area contributed by atoms with Crippen molar-refractivity contribution in [1.29, 1.82) is 0 Å². The number of aliphatic imine (C=N–C) groups is 2. The molecule has 0 saturated carbocycles. The molecule has 0 atom stereocenters. The molecule has 0 radical (unpaired) electrons. The Hall–Kier alpha value is -2.33. The van der Waals surface area contributed by atoms with Gasteiger partial charge in [0.05, 0.1) is 5.69 Å². The average molecular weight is 343 g/mol. The second kappa shape index (κ2) is 9.08. The van der Waals surface area contributed by atoms with Crippen LogP contribution in [0.1, 0.15) is 18.4 Å². The van der Waals surface area contributed by atoms with Crippen LogP contribution in [0.15, 0.2) is 70.6 Å². The van der Waals surface area contributed by atoms with E-state index in [1.54, 1.807) is 0 Å². The molecule has 5 heteroatoms. The maximum absolute atomic E-state index is 6.17. The van der Waals surface area contributed by atoms with Gasteiger partial charge in [-0.3, -0.25) is 0 Å². The fourth-order valence-electron chi connectivity index (χ4n) is 2.67. The molecule has 0 bridgehead atoms. The first-order valence-electron chi connectivity index (χ1n) is 8.07. The molecule has 0 aromatic heterocycles. The Labute approximate surface area is 149 Å². The van der Waals surface area contributed by atoms with Gasteiger partial charge in [-0.1, -0.05) is 48.5 Å². The number of rotatable bonds is 3. The summed E-state index contributed by atoms with van der Waals surface area (Å²) in [6, 6.07) is 20.1. The zero-order valence-corrected chi connectivity index (χ0v) is 14.5. The molecule has 0 amide bonds. The molecule has 2 aromatic rings. The van der Waals surface area contributed by atoms with Crippen molar-refractivity contribution in [3.63, 3.8) is 0 Å². The smallest absolute Gasteiger partial charge is 0.227 e. The fraction of sp³-hybridized carbons (Fsp3) is 0.263. The van der Waals surface area contributed by atoms with Gasteiger partial charge in [0, 0.05) is 19.5 Å². The zero-order chi connectivity index (χ0) is 15.9. The molecule has 1 aliphatic heterocycles. The lowest BCUT2D eigenvalue weighted by Gasteiger charge is -2.17. The minimum Gasteiger partial charge on any atom is -0.387 e. The van der Waals surface area contributed by atoms with Crippen LogP contribution in [0.25, 0.3) is 0 Å². The third-order valence-corrected chi connectivity index (χ3v) is 3.85. The number of amidine groups is 1. The second-order valence-corrected chi connectivity index (χ2v) is 5.71. The number of halogens is 1. The van der Waals surface area contributed by atoms with Crippen molar-refractivity contribution in [2.24, 2.45) is 15.7 Å². The summed E-state index contributed by atoms with van der Waals surface area (Å²) in [5.74, 6) is 1.32. The highest BCUT2D eigenvalue weighted by Gasteiger charge is 2.16. The summed E-state index contributed by atoms with van der Waals surface area (Å²) in [4.78, 5) is 11.5. The number of hydrogen-bond acceptors (Lipinski definition) is 1.